The Morgan fingerprint density at radius 3 is 2.18 bits per heavy atom. The lowest BCUT2D eigenvalue weighted by atomic mass is 9.96. The van der Waals surface area contributed by atoms with Gasteiger partial charge in [-0.25, -0.2) is 0 Å². The highest BCUT2D eigenvalue weighted by Crippen LogP contribution is 2.21. The van der Waals surface area contributed by atoms with Crippen LogP contribution in [0.1, 0.15) is 45.1 Å². The topological polar surface area (TPSA) is 83.6 Å². The molecule has 2 aromatic rings. The molecule has 0 spiro atoms. The second-order valence-corrected chi connectivity index (χ2v) is 8.08. The molecule has 1 unspecified atom stereocenters. The molecule has 1 saturated heterocycles. The summed E-state index contributed by atoms with van der Waals surface area (Å²) in [6, 6.07) is 16.4. The minimum Gasteiger partial charge on any atom is -0.399 e. The Hall–Kier alpha value is -1.89. The molecule has 1 aliphatic rings. The van der Waals surface area contributed by atoms with Crippen LogP contribution in [0.3, 0.4) is 0 Å². The van der Waals surface area contributed by atoms with Crippen molar-refractivity contribution in [2.24, 2.45) is 0 Å². The van der Waals surface area contributed by atoms with Gasteiger partial charge in [-0.3, -0.25) is 4.55 Å². The van der Waals surface area contributed by atoms with Crippen molar-refractivity contribution in [1.29, 1.82) is 0 Å². The van der Waals surface area contributed by atoms with Crippen molar-refractivity contribution in [3.05, 3.63) is 60.2 Å². The summed E-state index contributed by atoms with van der Waals surface area (Å²) in [7, 11) is -1.75. The lowest BCUT2D eigenvalue weighted by molar-refractivity contribution is 0.176. The van der Waals surface area contributed by atoms with E-state index in [1.165, 1.54) is 49.9 Å². The van der Waals surface area contributed by atoms with E-state index in [9.17, 15) is 8.42 Å². The van der Waals surface area contributed by atoms with E-state index in [0.29, 0.717) is 0 Å². The number of nitrogen functional groups attached to an aromatic ring is 1. The maximum Gasteiger partial charge on any atom is 0.294 e. The van der Waals surface area contributed by atoms with Crippen molar-refractivity contribution >= 4 is 15.8 Å². The maximum atomic E-state index is 10.4. The zero-order chi connectivity index (χ0) is 21.0. The lowest BCUT2D eigenvalue weighted by Gasteiger charge is -2.32. The second-order valence-electron chi connectivity index (χ2n) is 6.66. The zero-order valence-electron chi connectivity index (χ0n) is 17.2. The summed E-state index contributed by atoms with van der Waals surface area (Å²) in [5.74, 6) is 0. The molecule has 1 heterocycles. The molecule has 2 aromatic carbocycles. The minimum absolute atomic E-state index is 0.0741. The Morgan fingerprint density at radius 2 is 1.64 bits per heavy atom. The van der Waals surface area contributed by atoms with E-state index in [1.54, 1.807) is 18.2 Å². The summed E-state index contributed by atoms with van der Waals surface area (Å²) in [4.78, 5) is 2.43. The van der Waals surface area contributed by atoms with Gasteiger partial charge in [-0.1, -0.05) is 56.7 Å². The number of para-hydroxylation sites is 1. The molecule has 3 rings (SSSR count). The molecular weight excluding hydrogens is 372 g/mol. The van der Waals surface area contributed by atoms with Gasteiger partial charge in [0.15, 0.2) is 0 Å². The number of aryl methyl sites for hydroxylation is 1. The zero-order valence-corrected chi connectivity index (χ0v) is 18.0. The van der Waals surface area contributed by atoms with Crippen LogP contribution >= 0.6 is 0 Å². The molecule has 5 nitrogen and oxygen atoms in total. The third-order valence-electron chi connectivity index (χ3n) is 4.76. The van der Waals surface area contributed by atoms with Crippen molar-refractivity contribution in [3.63, 3.8) is 0 Å². The Balaban J connectivity index is 0.000000281. The highest BCUT2D eigenvalue weighted by molar-refractivity contribution is 7.85. The van der Waals surface area contributed by atoms with Gasteiger partial charge < -0.3 is 10.6 Å². The Morgan fingerprint density at radius 1 is 1.04 bits per heavy atom. The summed E-state index contributed by atoms with van der Waals surface area (Å²) in [6.07, 6.45) is 6.45. The summed E-state index contributed by atoms with van der Waals surface area (Å²) >= 11 is 0. The predicted octanol–water partition coefficient (Wildman–Crippen LogP) is 4.65. The summed E-state index contributed by atoms with van der Waals surface area (Å²) in [6.45, 7) is 5.26. The first kappa shape index (κ1) is 24.1. The molecule has 1 atom stereocenters. The molecule has 0 amide bonds. The highest BCUT2D eigenvalue weighted by Gasteiger charge is 2.18. The van der Waals surface area contributed by atoms with Gasteiger partial charge >= 0.3 is 0 Å². The normalized spacial score (nSPS) is 16.9. The van der Waals surface area contributed by atoms with Crippen LogP contribution in [0.4, 0.5) is 5.69 Å². The van der Waals surface area contributed by atoms with Crippen molar-refractivity contribution in [2.75, 3.05) is 19.3 Å². The summed E-state index contributed by atoms with van der Waals surface area (Å²) < 4.78 is 29.2. The maximum absolute atomic E-state index is 10.4. The first-order valence-corrected chi connectivity index (χ1v) is 11.4. The van der Waals surface area contributed by atoms with Crippen LogP contribution in [0.5, 0.6) is 0 Å². The van der Waals surface area contributed by atoms with Gasteiger partial charge in [-0.05, 0) is 63.0 Å². The average molecular weight is 407 g/mol. The summed E-state index contributed by atoms with van der Waals surface area (Å²) in [5.41, 5.74) is 8.21. The fourth-order valence-electron chi connectivity index (χ4n) is 3.19. The second kappa shape index (κ2) is 12.5. The van der Waals surface area contributed by atoms with Crippen molar-refractivity contribution in [2.45, 2.75) is 56.9 Å². The van der Waals surface area contributed by atoms with Crippen LogP contribution < -0.4 is 5.73 Å². The Labute approximate surface area is 170 Å². The SMILES string of the molecule is CC.CN1CCCCC1CCc1ccccc1N.O=S(=O)(O)c1ccccc1. The van der Waals surface area contributed by atoms with Gasteiger partial charge in [0.05, 0.1) is 4.90 Å². The quantitative estimate of drug-likeness (QED) is 0.570. The lowest BCUT2D eigenvalue weighted by Crippen LogP contribution is -2.36. The molecule has 1 fully saturated rings. The van der Waals surface area contributed by atoms with Crippen LogP contribution in [0.25, 0.3) is 0 Å². The molecule has 0 aromatic heterocycles. The molecule has 0 radical (unpaired) electrons. The van der Waals surface area contributed by atoms with E-state index in [4.69, 9.17) is 10.3 Å². The van der Waals surface area contributed by atoms with E-state index in [1.807, 2.05) is 26.0 Å². The monoisotopic (exact) mass is 406 g/mol. The van der Waals surface area contributed by atoms with E-state index >= 15 is 0 Å². The molecule has 1 aliphatic heterocycles. The molecular formula is C22H34N2O3S. The standard InChI is InChI=1S/C14H22N2.C6H6O3S.C2H6/c1-16-11-5-4-7-13(16)10-9-12-6-2-3-8-14(12)15;7-10(8,9)6-4-2-1-3-5-6;1-2/h2-3,6,8,13H,4-5,7,9-11,15H2,1H3;1-5H,(H,7,8,9);1-2H3. The number of nitrogens with two attached hydrogens (primary N) is 1. The predicted molar refractivity (Wildman–Crippen MR) is 117 cm³/mol. The molecule has 0 bridgehead atoms. The molecule has 28 heavy (non-hydrogen) atoms. The van der Waals surface area contributed by atoms with Crippen molar-refractivity contribution in [1.82, 2.24) is 4.90 Å². The number of piperidine rings is 1. The van der Waals surface area contributed by atoms with Crippen LogP contribution in [0, 0.1) is 0 Å². The van der Waals surface area contributed by atoms with E-state index in [-0.39, 0.29) is 4.90 Å². The number of hydrogen-bond donors (Lipinski definition) is 2. The van der Waals surface area contributed by atoms with E-state index in [2.05, 4.69) is 24.1 Å². The fourth-order valence-corrected chi connectivity index (χ4v) is 3.69. The summed E-state index contributed by atoms with van der Waals surface area (Å²) in [5, 5.41) is 0. The molecule has 0 saturated carbocycles. The van der Waals surface area contributed by atoms with Gasteiger partial charge in [-0.2, -0.15) is 8.42 Å². The van der Waals surface area contributed by atoms with Gasteiger partial charge in [0.25, 0.3) is 10.1 Å². The van der Waals surface area contributed by atoms with Crippen LogP contribution in [0.2, 0.25) is 0 Å². The number of rotatable bonds is 4. The third-order valence-corrected chi connectivity index (χ3v) is 5.63. The highest BCUT2D eigenvalue weighted by atomic mass is 32.2. The van der Waals surface area contributed by atoms with Gasteiger partial charge in [-0.15, -0.1) is 0 Å². The van der Waals surface area contributed by atoms with Crippen LogP contribution in [-0.2, 0) is 16.5 Å². The average Bonchev–Trinajstić information content (AvgIpc) is 2.71. The first-order valence-electron chi connectivity index (χ1n) is 9.94. The first-order chi connectivity index (χ1) is 13.4. The number of hydrogen-bond acceptors (Lipinski definition) is 4. The van der Waals surface area contributed by atoms with Crippen LogP contribution in [-0.4, -0.2) is 37.5 Å². The molecule has 156 valence electrons. The van der Waals surface area contributed by atoms with Gasteiger partial charge in [0.2, 0.25) is 0 Å². The van der Waals surface area contributed by atoms with E-state index < -0.39 is 10.1 Å². The molecule has 6 heteroatoms. The van der Waals surface area contributed by atoms with E-state index in [0.717, 1.165) is 18.2 Å². The third kappa shape index (κ3) is 8.42. The largest absolute Gasteiger partial charge is 0.399 e. The Bertz CT molecular complexity index is 779. The Kier molecular flexibility index (Phi) is 10.8. The number of likely N-dealkylation sites (tertiary alicyclic amines) is 1. The van der Waals surface area contributed by atoms with Crippen molar-refractivity contribution in [3.8, 4) is 0 Å². The fraction of sp³-hybridized carbons (Fsp3) is 0.455. The van der Waals surface area contributed by atoms with Gasteiger partial charge in [0, 0.05) is 11.7 Å². The molecule has 3 N–H and O–H groups in total. The number of anilines is 1. The van der Waals surface area contributed by atoms with Crippen LogP contribution in [0.15, 0.2) is 59.5 Å². The molecule has 0 aliphatic carbocycles. The minimum atomic E-state index is -4.00. The van der Waals surface area contributed by atoms with Gasteiger partial charge in [0.1, 0.15) is 0 Å². The number of benzene rings is 2. The smallest absolute Gasteiger partial charge is 0.294 e. The number of nitrogens with zero attached hydrogens (tertiary/aromatic N) is 1. The van der Waals surface area contributed by atoms with Crippen molar-refractivity contribution < 1.29 is 13.0 Å².